The fourth-order valence-corrected chi connectivity index (χ4v) is 2.27. The fraction of sp³-hybridized carbons (Fsp3) is 0.417. The molecule has 1 fully saturated rings. The Morgan fingerprint density at radius 2 is 2.10 bits per heavy atom. The number of nitro benzene ring substituents is 1. The Hall–Kier alpha value is -1.37. The molecular weight excluding hydrogens is 305 g/mol. The van der Waals surface area contributed by atoms with Gasteiger partial charge >= 0.3 is 0 Å². The number of nitrogens with zero attached hydrogens (tertiary/aromatic N) is 2. The van der Waals surface area contributed by atoms with Crippen LogP contribution in [-0.4, -0.2) is 41.9 Å². The number of non-ortho nitro benzene ring substituents is 1. The van der Waals surface area contributed by atoms with E-state index in [1.807, 2.05) is 0 Å². The maximum atomic E-state index is 12.3. The Balaban J connectivity index is 0.00000200. The van der Waals surface area contributed by atoms with E-state index in [0.29, 0.717) is 18.7 Å². The third-order valence-electron chi connectivity index (χ3n) is 3.02. The Morgan fingerprint density at radius 3 is 2.75 bits per heavy atom. The SMILES string of the molecule is Cl.O=C(c1ccc([N+](=O)[O-])cc1Cl)N1CCCNCC1. The van der Waals surface area contributed by atoms with Crippen LogP contribution in [0.25, 0.3) is 0 Å². The minimum atomic E-state index is -0.532. The molecular formula is C12H15Cl2N3O3. The molecule has 110 valence electrons. The molecule has 2 rings (SSSR count). The van der Waals surface area contributed by atoms with Crippen molar-refractivity contribution in [1.29, 1.82) is 0 Å². The summed E-state index contributed by atoms with van der Waals surface area (Å²) < 4.78 is 0. The van der Waals surface area contributed by atoms with Gasteiger partial charge in [0.15, 0.2) is 0 Å². The highest BCUT2D eigenvalue weighted by atomic mass is 35.5. The molecule has 0 spiro atoms. The number of carbonyl (C=O) groups excluding carboxylic acids is 1. The van der Waals surface area contributed by atoms with E-state index in [9.17, 15) is 14.9 Å². The summed E-state index contributed by atoms with van der Waals surface area (Å²) in [5.74, 6) is -0.177. The first-order chi connectivity index (χ1) is 9.09. The van der Waals surface area contributed by atoms with Gasteiger partial charge in [0.1, 0.15) is 0 Å². The monoisotopic (exact) mass is 319 g/mol. The fourth-order valence-electron chi connectivity index (χ4n) is 2.01. The molecule has 1 N–H and O–H groups in total. The van der Waals surface area contributed by atoms with E-state index < -0.39 is 4.92 Å². The van der Waals surface area contributed by atoms with Crippen molar-refractivity contribution in [3.8, 4) is 0 Å². The number of halogens is 2. The number of amides is 1. The molecule has 1 aliphatic heterocycles. The van der Waals surface area contributed by atoms with Crippen molar-refractivity contribution >= 4 is 35.6 Å². The van der Waals surface area contributed by atoms with E-state index in [4.69, 9.17) is 11.6 Å². The van der Waals surface area contributed by atoms with Crippen molar-refractivity contribution in [2.45, 2.75) is 6.42 Å². The molecule has 1 saturated heterocycles. The van der Waals surface area contributed by atoms with Gasteiger partial charge in [-0.3, -0.25) is 14.9 Å². The number of nitrogens with one attached hydrogen (secondary N) is 1. The average Bonchev–Trinajstić information content (AvgIpc) is 2.66. The van der Waals surface area contributed by atoms with Gasteiger partial charge in [-0.05, 0) is 19.0 Å². The molecule has 0 saturated carbocycles. The summed E-state index contributed by atoms with van der Waals surface area (Å²) in [5.41, 5.74) is 0.202. The number of hydrogen-bond donors (Lipinski definition) is 1. The second-order valence-corrected chi connectivity index (χ2v) is 4.72. The molecule has 0 bridgehead atoms. The number of carbonyl (C=O) groups is 1. The van der Waals surface area contributed by atoms with Crippen LogP contribution in [0.3, 0.4) is 0 Å². The minimum Gasteiger partial charge on any atom is -0.337 e. The maximum absolute atomic E-state index is 12.3. The lowest BCUT2D eigenvalue weighted by Crippen LogP contribution is -2.34. The van der Waals surface area contributed by atoms with Gasteiger partial charge in [0.2, 0.25) is 0 Å². The topological polar surface area (TPSA) is 75.5 Å². The molecule has 20 heavy (non-hydrogen) atoms. The Bertz CT molecular complexity index is 503. The van der Waals surface area contributed by atoms with Crippen LogP contribution in [0, 0.1) is 10.1 Å². The second-order valence-electron chi connectivity index (χ2n) is 4.32. The molecule has 0 unspecified atom stereocenters. The predicted molar refractivity (Wildman–Crippen MR) is 78.7 cm³/mol. The van der Waals surface area contributed by atoms with Crippen LogP contribution in [0.1, 0.15) is 16.8 Å². The Labute approximate surface area is 127 Å². The second kappa shape index (κ2) is 7.42. The van der Waals surface area contributed by atoms with Crippen molar-refractivity contribution in [3.63, 3.8) is 0 Å². The summed E-state index contributed by atoms with van der Waals surface area (Å²) in [6.45, 7) is 2.92. The van der Waals surface area contributed by atoms with E-state index in [2.05, 4.69) is 5.32 Å². The standard InChI is InChI=1S/C12H14ClN3O3.ClH/c13-11-8-9(16(18)19)2-3-10(11)12(17)15-6-1-4-14-5-7-15;/h2-3,8,14H,1,4-7H2;1H. The zero-order valence-electron chi connectivity index (χ0n) is 10.7. The normalized spacial score (nSPS) is 15.2. The zero-order valence-corrected chi connectivity index (χ0v) is 12.2. The van der Waals surface area contributed by atoms with Crippen LogP contribution in [0.2, 0.25) is 5.02 Å². The largest absolute Gasteiger partial charge is 0.337 e. The maximum Gasteiger partial charge on any atom is 0.270 e. The first kappa shape index (κ1) is 16.7. The lowest BCUT2D eigenvalue weighted by molar-refractivity contribution is -0.384. The number of hydrogen-bond acceptors (Lipinski definition) is 4. The molecule has 0 aromatic heterocycles. The highest BCUT2D eigenvalue weighted by Crippen LogP contribution is 2.23. The van der Waals surface area contributed by atoms with Crippen LogP contribution in [0.5, 0.6) is 0 Å². The van der Waals surface area contributed by atoms with Crippen LogP contribution in [-0.2, 0) is 0 Å². The highest BCUT2D eigenvalue weighted by Gasteiger charge is 2.21. The van der Waals surface area contributed by atoms with Crippen LogP contribution < -0.4 is 5.32 Å². The number of benzene rings is 1. The van der Waals surface area contributed by atoms with Crippen molar-refractivity contribution in [1.82, 2.24) is 10.2 Å². The summed E-state index contributed by atoms with van der Waals surface area (Å²) in [7, 11) is 0. The molecule has 6 nitrogen and oxygen atoms in total. The van der Waals surface area contributed by atoms with E-state index in [1.165, 1.54) is 18.2 Å². The lowest BCUT2D eigenvalue weighted by atomic mass is 10.1. The molecule has 1 heterocycles. The van der Waals surface area contributed by atoms with Crippen molar-refractivity contribution in [2.75, 3.05) is 26.2 Å². The zero-order chi connectivity index (χ0) is 13.8. The lowest BCUT2D eigenvalue weighted by Gasteiger charge is -2.20. The first-order valence-corrected chi connectivity index (χ1v) is 6.41. The number of nitro groups is 1. The van der Waals surface area contributed by atoms with Gasteiger partial charge in [-0.15, -0.1) is 12.4 Å². The molecule has 1 aromatic rings. The van der Waals surface area contributed by atoms with Crippen molar-refractivity contribution in [2.24, 2.45) is 0 Å². The molecule has 0 aliphatic carbocycles. The summed E-state index contributed by atoms with van der Waals surface area (Å²) >= 11 is 5.96. The van der Waals surface area contributed by atoms with Gasteiger partial charge in [-0.25, -0.2) is 0 Å². The van der Waals surface area contributed by atoms with Gasteiger partial charge in [-0.1, -0.05) is 11.6 Å². The van der Waals surface area contributed by atoms with E-state index in [-0.39, 0.29) is 29.0 Å². The van der Waals surface area contributed by atoms with Crippen LogP contribution in [0.4, 0.5) is 5.69 Å². The van der Waals surface area contributed by atoms with Crippen LogP contribution in [0.15, 0.2) is 18.2 Å². The molecule has 1 amide bonds. The van der Waals surface area contributed by atoms with Crippen molar-refractivity contribution in [3.05, 3.63) is 38.9 Å². The molecule has 0 atom stereocenters. The van der Waals surface area contributed by atoms with E-state index >= 15 is 0 Å². The average molecular weight is 320 g/mol. The molecule has 1 aromatic carbocycles. The molecule has 8 heteroatoms. The quantitative estimate of drug-likeness (QED) is 0.669. The third kappa shape index (κ3) is 3.82. The summed E-state index contributed by atoms with van der Waals surface area (Å²) in [6, 6.07) is 3.93. The van der Waals surface area contributed by atoms with E-state index in [1.54, 1.807) is 4.90 Å². The number of rotatable bonds is 2. The highest BCUT2D eigenvalue weighted by molar-refractivity contribution is 6.34. The van der Waals surface area contributed by atoms with Gasteiger partial charge in [0, 0.05) is 31.8 Å². The summed E-state index contributed by atoms with van der Waals surface area (Å²) in [6.07, 6.45) is 0.885. The first-order valence-electron chi connectivity index (χ1n) is 6.03. The summed E-state index contributed by atoms with van der Waals surface area (Å²) in [5, 5.41) is 14.0. The van der Waals surface area contributed by atoms with Gasteiger partial charge in [0.05, 0.1) is 15.5 Å². The Morgan fingerprint density at radius 1 is 1.35 bits per heavy atom. The predicted octanol–water partition coefficient (Wildman–Crippen LogP) is 2.11. The smallest absolute Gasteiger partial charge is 0.270 e. The third-order valence-corrected chi connectivity index (χ3v) is 3.33. The van der Waals surface area contributed by atoms with E-state index in [0.717, 1.165) is 19.5 Å². The van der Waals surface area contributed by atoms with Crippen molar-refractivity contribution < 1.29 is 9.72 Å². The molecule has 1 aliphatic rings. The van der Waals surface area contributed by atoms with Gasteiger partial charge in [-0.2, -0.15) is 0 Å². The van der Waals surface area contributed by atoms with Gasteiger partial charge < -0.3 is 10.2 Å². The summed E-state index contributed by atoms with van der Waals surface area (Å²) in [4.78, 5) is 24.1. The molecule has 0 radical (unpaired) electrons. The van der Waals surface area contributed by atoms with Crippen LogP contribution >= 0.6 is 24.0 Å². The van der Waals surface area contributed by atoms with Gasteiger partial charge in [0.25, 0.3) is 11.6 Å². The minimum absolute atomic E-state index is 0. The Kier molecular flexibility index (Phi) is 6.19.